The number of halogens is 2. The topological polar surface area (TPSA) is 36.9 Å². The molecule has 0 radical (unpaired) electrons. The first kappa shape index (κ1) is 48.2. The summed E-state index contributed by atoms with van der Waals surface area (Å²) in [6, 6.07) is 0. The third-order valence-electron chi connectivity index (χ3n) is 8.98. The summed E-state index contributed by atoms with van der Waals surface area (Å²) in [4.78, 5) is 0. The number of rotatable bonds is 36. The summed E-state index contributed by atoms with van der Waals surface area (Å²) in [7, 11) is 13.3. The molecule has 2 atom stereocenters. The zero-order chi connectivity index (χ0) is 35.3. The summed E-state index contributed by atoms with van der Waals surface area (Å²) < 4.78 is 27.8. The molecule has 0 fully saturated rings. The van der Waals surface area contributed by atoms with Crippen molar-refractivity contribution in [1.82, 2.24) is 0 Å². The zero-order valence-corrected chi connectivity index (χ0v) is 37.1. The first-order valence-corrected chi connectivity index (χ1v) is 22.1. The average Bonchev–Trinajstić information content (AvgIpc) is 2.99. The van der Waals surface area contributed by atoms with E-state index in [-0.39, 0.29) is 13.6 Å². The molecule has 0 spiro atoms. The van der Waals surface area contributed by atoms with Gasteiger partial charge in [-0.3, -0.25) is 0 Å². The maximum absolute atomic E-state index is 6.59. The highest BCUT2D eigenvalue weighted by molar-refractivity contribution is 14.1. The van der Waals surface area contributed by atoms with Crippen LogP contribution >= 0.6 is 45.2 Å². The predicted octanol–water partition coefficient (Wildman–Crippen LogP) is 10.8. The molecule has 0 heterocycles. The Morgan fingerprint density at radius 2 is 0.702 bits per heavy atom. The number of alkyl halides is 2. The molecule has 8 heteroatoms. The Kier molecular flexibility index (Phi) is 31.6. The molecule has 0 aromatic rings. The second kappa shape index (κ2) is 30.8. The van der Waals surface area contributed by atoms with Crippen molar-refractivity contribution in [3.63, 3.8) is 0 Å². The molecule has 2 unspecified atom stereocenters. The Bertz CT molecular complexity index is 616. The average molecular weight is 897 g/mol. The SMILES string of the molecule is CCCCCCCCCCCCOCC(COCCCCCCCCCCCC)(C(I)OCC[N+](C)(C)C)C(I)OCC[N+](C)(C)C. The van der Waals surface area contributed by atoms with Crippen molar-refractivity contribution in [1.29, 1.82) is 0 Å². The second-order valence-electron chi connectivity index (χ2n) is 16.1. The van der Waals surface area contributed by atoms with Gasteiger partial charge in [0.25, 0.3) is 0 Å². The first-order chi connectivity index (χ1) is 22.4. The lowest BCUT2D eigenvalue weighted by Crippen LogP contribution is -2.51. The van der Waals surface area contributed by atoms with Gasteiger partial charge in [0, 0.05) is 13.2 Å². The van der Waals surface area contributed by atoms with E-state index in [1.807, 2.05) is 0 Å². The standard InChI is InChI=1S/C39H82I2N2O4/c1-9-11-13-15-17-19-21-23-25-27-31-44-35-39(37(40)46-33-29-42(3,4)5,38(41)47-34-30-43(6,7)8)36-45-32-28-26-24-22-20-18-16-14-12-10-2/h37-38H,9-36H2,1-8H3/q+2. The van der Waals surface area contributed by atoms with Crippen LogP contribution in [0.3, 0.4) is 0 Å². The van der Waals surface area contributed by atoms with Gasteiger partial charge in [-0.05, 0) is 12.8 Å². The quantitative estimate of drug-likeness (QED) is 0.0272. The minimum absolute atomic E-state index is 0.0712. The molecule has 0 aliphatic heterocycles. The van der Waals surface area contributed by atoms with Crippen LogP contribution in [0, 0.1) is 5.41 Å². The number of unbranched alkanes of at least 4 members (excludes halogenated alkanes) is 18. The smallest absolute Gasteiger partial charge is 0.122 e. The highest BCUT2D eigenvalue weighted by Crippen LogP contribution is 2.39. The normalized spacial score (nSPS) is 14.2. The van der Waals surface area contributed by atoms with E-state index >= 15 is 0 Å². The summed E-state index contributed by atoms with van der Waals surface area (Å²) in [5.41, 5.74) is -0.381. The van der Waals surface area contributed by atoms with Gasteiger partial charge in [-0.25, -0.2) is 0 Å². The molecule has 0 aromatic carbocycles. The van der Waals surface area contributed by atoms with Gasteiger partial charge < -0.3 is 27.9 Å². The lowest BCUT2D eigenvalue weighted by atomic mass is 9.92. The summed E-state index contributed by atoms with van der Waals surface area (Å²) in [6.07, 6.45) is 26.7. The molecule has 0 aliphatic carbocycles. The van der Waals surface area contributed by atoms with Crippen LogP contribution in [-0.4, -0.2) is 112 Å². The number of hydrogen-bond acceptors (Lipinski definition) is 4. The fourth-order valence-corrected chi connectivity index (χ4v) is 8.08. The van der Waals surface area contributed by atoms with E-state index < -0.39 is 0 Å². The molecule has 0 saturated heterocycles. The monoisotopic (exact) mass is 896 g/mol. The largest absolute Gasteiger partial charge is 0.381 e. The van der Waals surface area contributed by atoms with Crippen molar-refractivity contribution in [2.24, 2.45) is 5.41 Å². The van der Waals surface area contributed by atoms with Gasteiger partial charge in [-0.2, -0.15) is 0 Å². The Morgan fingerprint density at radius 1 is 0.426 bits per heavy atom. The van der Waals surface area contributed by atoms with Crippen LogP contribution in [0.1, 0.15) is 142 Å². The van der Waals surface area contributed by atoms with E-state index in [1.54, 1.807) is 0 Å². The van der Waals surface area contributed by atoms with Gasteiger partial charge in [-0.15, -0.1) is 0 Å². The van der Waals surface area contributed by atoms with Gasteiger partial charge in [0.1, 0.15) is 21.3 Å². The van der Waals surface area contributed by atoms with Gasteiger partial charge >= 0.3 is 0 Å². The van der Waals surface area contributed by atoms with Crippen LogP contribution in [0.2, 0.25) is 0 Å². The van der Waals surface area contributed by atoms with Gasteiger partial charge in [0.05, 0.1) is 74.1 Å². The summed E-state index contributed by atoms with van der Waals surface area (Å²) in [6.45, 7) is 10.7. The fourth-order valence-electron chi connectivity index (χ4n) is 5.51. The van der Waals surface area contributed by atoms with Crippen LogP contribution in [0.15, 0.2) is 0 Å². The van der Waals surface area contributed by atoms with E-state index in [1.165, 1.54) is 116 Å². The van der Waals surface area contributed by atoms with Crippen LogP contribution in [-0.2, 0) is 18.9 Å². The molecule has 0 amide bonds. The lowest BCUT2D eigenvalue weighted by Gasteiger charge is -2.41. The Hall–Kier alpha value is 1.22. The molecule has 0 bridgehead atoms. The number of quaternary nitrogens is 2. The number of ether oxygens (including phenoxy) is 4. The molecule has 0 saturated carbocycles. The lowest BCUT2D eigenvalue weighted by molar-refractivity contribution is -0.870. The molecule has 0 rings (SSSR count). The number of hydrogen-bond donors (Lipinski definition) is 0. The Morgan fingerprint density at radius 3 is 0.979 bits per heavy atom. The molecule has 284 valence electrons. The molecular formula is C39H82I2N2O4+2. The van der Waals surface area contributed by atoms with E-state index in [9.17, 15) is 0 Å². The second-order valence-corrected chi connectivity index (χ2v) is 18.4. The Balaban J connectivity index is 5.11. The maximum atomic E-state index is 6.59. The predicted molar refractivity (Wildman–Crippen MR) is 221 cm³/mol. The molecule has 0 aliphatic rings. The van der Waals surface area contributed by atoms with Crippen LogP contribution in [0.4, 0.5) is 0 Å². The van der Waals surface area contributed by atoms with Crippen LogP contribution < -0.4 is 0 Å². The van der Waals surface area contributed by atoms with Gasteiger partial charge in [0.15, 0.2) is 0 Å². The van der Waals surface area contributed by atoms with Gasteiger partial charge in [-0.1, -0.05) is 175 Å². The fraction of sp³-hybridized carbons (Fsp3) is 1.00. The Labute approximate surface area is 322 Å². The number of nitrogens with zero attached hydrogens (tertiary/aromatic N) is 2. The summed E-state index contributed by atoms with van der Waals surface area (Å²) >= 11 is 5.01. The van der Waals surface area contributed by atoms with Crippen molar-refractivity contribution >= 4 is 45.2 Å². The maximum Gasteiger partial charge on any atom is 0.122 e. The third-order valence-corrected chi connectivity index (χ3v) is 12.2. The van der Waals surface area contributed by atoms with Crippen molar-refractivity contribution in [3.05, 3.63) is 0 Å². The van der Waals surface area contributed by atoms with Crippen molar-refractivity contribution in [2.75, 3.05) is 95.0 Å². The van der Waals surface area contributed by atoms with E-state index in [0.29, 0.717) is 26.4 Å². The first-order valence-electron chi connectivity index (χ1n) is 19.7. The van der Waals surface area contributed by atoms with E-state index in [0.717, 1.165) is 48.1 Å². The van der Waals surface area contributed by atoms with E-state index in [4.69, 9.17) is 18.9 Å². The third kappa shape index (κ3) is 29.5. The molecule has 0 N–H and O–H groups in total. The van der Waals surface area contributed by atoms with Crippen molar-refractivity contribution in [3.8, 4) is 0 Å². The summed E-state index contributed by atoms with van der Waals surface area (Å²) in [5.74, 6) is 0. The number of likely N-dealkylation sites (N-methyl/N-ethyl adjacent to an activating group) is 2. The zero-order valence-electron chi connectivity index (χ0n) is 32.7. The van der Waals surface area contributed by atoms with Crippen molar-refractivity contribution < 1.29 is 27.9 Å². The van der Waals surface area contributed by atoms with Gasteiger partial charge in [0.2, 0.25) is 0 Å². The summed E-state index contributed by atoms with van der Waals surface area (Å²) in [5, 5.41) is 0. The molecular weight excluding hydrogens is 814 g/mol. The molecule has 47 heavy (non-hydrogen) atoms. The highest BCUT2D eigenvalue weighted by Gasteiger charge is 2.46. The minimum atomic E-state index is -0.381. The van der Waals surface area contributed by atoms with Crippen LogP contribution in [0.5, 0.6) is 0 Å². The highest BCUT2D eigenvalue weighted by atomic mass is 127. The minimum Gasteiger partial charge on any atom is -0.381 e. The molecule has 6 nitrogen and oxygen atoms in total. The van der Waals surface area contributed by atoms with E-state index in [2.05, 4.69) is 101 Å². The van der Waals surface area contributed by atoms with Crippen molar-refractivity contribution in [2.45, 2.75) is 150 Å². The van der Waals surface area contributed by atoms with Crippen LogP contribution in [0.25, 0.3) is 0 Å². The molecule has 0 aromatic heterocycles.